The maximum atomic E-state index is 12.4. The van der Waals surface area contributed by atoms with Gasteiger partial charge in [-0.25, -0.2) is 4.79 Å². The predicted octanol–water partition coefficient (Wildman–Crippen LogP) is 3.52. The van der Waals surface area contributed by atoms with Crippen molar-refractivity contribution in [2.24, 2.45) is 5.92 Å². The first-order valence-corrected chi connectivity index (χ1v) is 8.60. The van der Waals surface area contributed by atoms with Crippen molar-refractivity contribution in [3.8, 4) is 0 Å². The van der Waals surface area contributed by atoms with Crippen LogP contribution in [0.5, 0.6) is 0 Å². The lowest BCUT2D eigenvalue weighted by Crippen LogP contribution is -2.46. The third-order valence-electron chi connectivity index (χ3n) is 4.27. The van der Waals surface area contributed by atoms with Crippen molar-refractivity contribution >= 4 is 40.8 Å². The van der Waals surface area contributed by atoms with Crippen LogP contribution in [0.25, 0.3) is 0 Å². The van der Waals surface area contributed by atoms with Crippen LogP contribution in [0.15, 0.2) is 18.2 Å². The first-order chi connectivity index (χ1) is 11.0. The van der Waals surface area contributed by atoms with Gasteiger partial charge in [0.2, 0.25) is 5.91 Å². The quantitative estimate of drug-likeness (QED) is 0.871. The first kappa shape index (κ1) is 16.4. The molecule has 2 fully saturated rings. The molecule has 2 N–H and O–H groups in total. The second-order valence-corrected chi connectivity index (χ2v) is 6.86. The predicted molar refractivity (Wildman–Crippen MR) is 90.9 cm³/mol. The highest BCUT2D eigenvalue weighted by molar-refractivity contribution is 6.44. The Kier molecular flexibility index (Phi) is 4.97. The average Bonchev–Trinajstić information content (AvgIpc) is 3.36. The van der Waals surface area contributed by atoms with Crippen LogP contribution >= 0.6 is 23.2 Å². The van der Waals surface area contributed by atoms with Crippen molar-refractivity contribution in [3.05, 3.63) is 28.2 Å². The summed E-state index contributed by atoms with van der Waals surface area (Å²) in [5, 5.41) is 6.57. The molecule has 0 radical (unpaired) electrons. The molecule has 1 saturated heterocycles. The highest BCUT2D eigenvalue weighted by atomic mass is 35.5. The smallest absolute Gasteiger partial charge is 0.317 e. The van der Waals surface area contributed by atoms with Gasteiger partial charge in [-0.15, -0.1) is 0 Å². The molecule has 124 valence electrons. The van der Waals surface area contributed by atoms with Crippen LogP contribution in [0.4, 0.5) is 10.5 Å². The lowest BCUT2D eigenvalue weighted by atomic mass is 9.96. The number of nitrogens with one attached hydrogen (secondary N) is 2. The Labute approximate surface area is 145 Å². The Morgan fingerprint density at radius 1 is 1.09 bits per heavy atom. The van der Waals surface area contributed by atoms with Gasteiger partial charge < -0.3 is 15.5 Å². The Balaban J connectivity index is 1.51. The van der Waals surface area contributed by atoms with E-state index in [4.69, 9.17) is 23.2 Å². The summed E-state index contributed by atoms with van der Waals surface area (Å²) < 4.78 is 0. The fraction of sp³-hybridized carbons (Fsp3) is 0.500. The molecule has 1 aromatic rings. The summed E-state index contributed by atoms with van der Waals surface area (Å²) in [5.41, 5.74) is 0.526. The maximum Gasteiger partial charge on any atom is 0.317 e. The molecule has 5 nitrogen and oxygen atoms in total. The summed E-state index contributed by atoms with van der Waals surface area (Å²) in [6.45, 7) is 1.19. The van der Waals surface area contributed by atoms with Gasteiger partial charge in [0.15, 0.2) is 0 Å². The lowest BCUT2D eigenvalue weighted by Gasteiger charge is -2.31. The standard InChI is InChI=1S/C16H19Cl2N3O2/c17-12-2-1-3-13(14(12)18)20-15(22)10-6-8-21(9-7-10)16(23)19-11-4-5-11/h1-3,10-11H,4-9H2,(H,19,23)(H,20,22). The molecule has 0 bridgehead atoms. The van der Waals surface area contributed by atoms with Gasteiger partial charge in [0, 0.05) is 25.0 Å². The number of hydrogen-bond acceptors (Lipinski definition) is 2. The first-order valence-electron chi connectivity index (χ1n) is 7.85. The van der Waals surface area contributed by atoms with Crippen molar-refractivity contribution in [3.63, 3.8) is 0 Å². The second-order valence-electron chi connectivity index (χ2n) is 6.08. The zero-order valence-electron chi connectivity index (χ0n) is 12.6. The van der Waals surface area contributed by atoms with Crippen LogP contribution in [0.3, 0.4) is 0 Å². The van der Waals surface area contributed by atoms with E-state index in [0.717, 1.165) is 12.8 Å². The molecule has 3 amide bonds. The lowest BCUT2D eigenvalue weighted by molar-refractivity contribution is -0.121. The molecular weight excluding hydrogens is 337 g/mol. The largest absolute Gasteiger partial charge is 0.335 e. The molecule has 1 aromatic carbocycles. The SMILES string of the molecule is O=C(Nc1cccc(Cl)c1Cl)C1CCN(C(=O)NC2CC2)CC1. The Bertz CT molecular complexity index is 611. The van der Waals surface area contributed by atoms with E-state index in [1.807, 2.05) is 0 Å². The highest BCUT2D eigenvalue weighted by Gasteiger charge is 2.30. The summed E-state index contributed by atoms with van der Waals surface area (Å²) >= 11 is 12.0. The number of anilines is 1. The summed E-state index contributed by atoms with van der Waals surface area (Å²) in [5.74, 6) is -0.188. The minimum Gasteiger partial charge on any atom is -0.335 e. The molecule has 0 aromatic heterocycles. The molecule has 3 rings (SSSR count). The van der Waals surface area contributed by atoms with E-state index in [2.05, 4.69) is 10.6 Å². The van der Waals surface area contributed by atoms with Crippen LogP contribution in [0.1, 0.15) is 25.7 Å². The zero-order chi connectivity index (χ0) is 16.4. The van der Waals surface area contributed by atoms with Crippen molar-refractivity contribution in [2.45, 2.75) is 31.7 Å². The van der Waals surface area contributed by atoms with Gasteiger partial charge in [-0.2, -0.15) is 0 Å². The second kappa shape index (κ2) is 6.97. The molecule has 1 aliphatic heterocycles. The number of urea groups is 1. The van der Waals surface area contributed by atoms with Crippen molar-refractivity contribution < 1.29 is 9.59 Å². The number of hydrogen-bond donors (Lipinski definition) is 2. The summed E-state index contributed by atoms with van der Waals surface area (Å²) in [7, 11) is 0. The molecule has 0 unspecified atom stereocenters. The number of piperidine rings is 1. The van der Waals surface area contributed by atoms with Crippen molar-refractivity contribution in [1.82, 2.24) is 10.2 Å². The number of carbonyl (C=O) groups excluding carboxylic acids is 2. The fourth-order valence-electron chi connectivity index (χ4n) is 2.67. The monoisotopic (exact) mass is 355 g/mol. The van der Waals surface area contributed by atoms with E-state index in [1.165, 1.54) is 0 Å². The van der Waals surface area contributed by atoms with E-state index in [0.29, 0.717) is 47.7 Å². The third-order valence-corrected chi connectivity index (χ3v) is 5.09. The van der Waals surface area contributed by atoms with Gasteiger partial charge in [0.25, 0.3) is 0 Å². The molecule has 1 aliphatic carbocycles. The third kappa shape index (κ3) is 4.09. The molecule has 1 heterocycles. The van der Waals surface area contributed by atoms with E-state index in [9.17, 15) is 9.59 Å². The van der Waals surface area contributed by atoms with Gasteiger partial charge in [0.05, 0.1) is 15.7 Å². The minimum atomic E-state index is -0.116. The number of halogens is 2. The van der Waals surface area contributed by atoms with E-state index < -0.39 is 0 Å². The molecule has 7 heteroatoms. The van der Waals surface area contributed by atoms with E-state index in [1.54, 1.807) is 23.1 Å². The number of nitrogens with zero attached hydrogens (tertiary/aromatic N) is 1. The summed E-state index contributed by atoms with van der Waals surface area (Å²) in [4.78, 5) is 26.1. The highest BCUT2D eigenvalue weighted by Crippen LogP contribution is 2.30. The van der Waals surface area contributed by atoms with Gasteiger partial charge in [-0.05, 0) is 37.8 Å². The maximum absolute atomic E-state index is 12.4. The Morgan fingerprint density at radius 2 is 1.78 bits per heavy atom. The molecule has 0 atom stereocenters. The number of rotatable bonds is 3. The minimum absolute atomic E-state index is 0.00996. The summed E-state index contributed by atoms with van der Waals surface area (Å²) in [6.07, 6.45) is 3.46. The zero-order valence-corrected chi connectivity index (χ0v) is 14.2. The number of likely N-dealkylation sites (tertiary alicyclic amines) is 1. The average molecular weight is 356 g/mol. The molecule has 1 saturated carbocycles. The van der Waals surface area contributed by atoms with Gasteiger partial charge in [0.1, 0.15) is 0 Å². The van der Waals surface area contributed by atoms with Crippen LogP contribution < -0.4 is 10.6 Å². The van der Waals surface area contributed by atoms with Crippen LogP contribution in [-0.4, -0.2) is 36.0 Å². The van der Waals surface area contributed by atoms with E-state index in [-0.39, 0.29) is 17.9 Å². The van der Waals surface area contributed by atoms with Gasteiger partial charge in [-0.3, -0.25) is 4.79 Å². The van der Waals surface area contributed by atoms with E-state index >= 15 is 0 Å². The van der Waals surface area contributed by atoms with Gasteiger partial charge in [-0.1, -0.05) is 29.3 Å². The van der Waals surface area contributed by atoms with Crippen LogP contribution in [0.2, 0.25) is 10.0 Å². The topological polar surface area (TPSA) is 61.4 Å². The molecule has 23 heavy (non-hydrogen) atoms. The number of benzene rings is 1. The van der Waals surface area contributed by atoms with Crippen LogP contribution in [-0.2, 0) is 4.79 Å². The molecular formula is C16H19Cl2N3O2. The number of amides is 3. The Morgan fingerprint density at radius 3 is 2.43 bits per heavy atom. The molecule has 0 spiro atoms. The number of carbonyl (C=O) groups is 2. The Hall–Kier alpha value is -1.46. The van der Waals surface area contributed by atoms with Crippen LogP contribution in [0, 0.1) is 5.92 Å². The molecule has 2 aliphatic rings. The normalized spacial score (nSPS) is 18.6. The fourth-order valence-corrected chi connectivity index (χ4v) is 3.02. The van der Waals surface area contributed by atoms with Gasteiger partial charge >= 0.3 is 6.03 Å². The van der Waals surface area contributed by atoms with Crippen molar-refractivity contribution in [1.29, 1.82) is 0 Å². The van der Waals surface area contributed by atoms with Crippen molar-refractivity contribution in [2.75, 3.05) is 18.4 Å². The summed E-state index contributed by atoms with van der Waals surface area (Å²) in [6, 6.07) is 5.49.